The summed E-state index contributed by atoms with van der Waals surface area (Å²) in [6.07, 6.45) is -0.248. The summed E-state index contributed by atoms with van der Waals surface area (Å²) in [5.41, 5.74) is -0.715. The number of ether oxygens (including phenoxy) is 2. The molecule has 1 fully saturated rings. The maximum Gasteiger partial charge on any atom is 0.409 e. The van der Waals surface area contributed by atoms with Gasteiger partial charge in [-0.25, -0.2) is 4.79 Å². The molecule has 5 heteroatoms. The van der Waals surface area contributed by atoms with E-state index in [0.717, 1.165) is 13.1 Å². The second kappa shape index (κ2) is 5.89. The van der Waals surface area contributed by atoms with Gasteiger partial charge in [-0.3, -0.25) is 0 Å². The summed E-state index contributed by atoms with van der Waals surface area (Å²) >= 11 is 0. The molecule has 0 aromatic heterocycles. The highest BCUT2D eigenvalue weighted by molar-refractivity contribution is 5.67. The van der Waals surface area contributed by atoms with Gasteiger partial charge in [-0.05, 0) is 34.6 Å². The van der Waals surface area contributed by atoms with Crippen molar-refractivity contribution < 1.29 is 14.3 Å². The van der Waals surface area contributed by atoms with Crippen molar-refractivity contribution in [1.29, 1.82) is 0 Å². The SMILES string of the molecule is CC(C)(C)OC(C)(C)COC(=O)N1CCNCC1. The fourth-order valence-electron chi connectivity index (χ4n) is 2.03. The Morgan fingerprint density at radius 2 is 1.72 bits per heavy atom. The topological polar surface area (TPSA) is 50.8 Å². The molecule has 0 atom stereocenters. The van der Waals surface area contributed by atoms with Crippen LogP contribution in [0.5, 0.6) is 0 Å². The third-order valence-corrected chi connectivity index (χ3v) is 2.50. The second-order valence-corrected chi connectivity index (χ2v) is 6.27. The minimum atomic E-state index is -0.470. The Morgan fingerprint density at radius 3 is 2.22 bits per heavy atom. The van der Waals surface area contributed by atoms with Crippen LogP contribution in [0.4, 0.5) is 4.79 Å². The lowest BCUT2D eigenvalue weighted by Gasteiger charge is -2.34. The zero-order valence-electron chi connectivity index (χ0n) is 12.2. The van der Waals surface area contributed by atoms with Crippen LogP contribution in [0.1, 0.15) is 34.6 Å². The molecule has 1 aliphatic rings. The highest BCUT2D eigenvalue weighted by Crippen LogP contribution is 2.20. The average Bonchev–Trinajstić information content (AvgIpc) is 2.24. The smallest absolute Gasteiger partial charge is 0.409 e. The molecule has 1 heterocycles. The number of hydrogen-bond acceptors (Lipinski definition) is 4. The Hall–Kier alpha value is -0.810. The summed E-state index contributed by atoms with van der Waals surface area (Å²) in [5.74, 6) is 0. The van der Waals surface area contributed by atoms with E-state index < -0.39 is 5.60 Å². The van der Waals surface area contributed by atoms with Gasteiger partial charge in [0.1, 0.15) is 6.61 Å². The van der Waals surface area contributed by atoms with Crippen molar-refractivity contribution in [3.05, 3.63) is 0 Å². The summed E-state index contributed by atoms with van der Waals surface area (Å²) in [6.45, 7) is 13.2. The molecule has 1 N–H and O–H groups in total. The number of nitrogens with one attached hydrogen (secondary N) is 1. The Morgan fingerprint density at radius 1 is 1.17 bits per heavy atom. The fraction of sp³-hybridized carbons (Fsp3) is 0.923. The van der Waals surface area contributed by atoms with Crippen molar-refractivity contribution in [3.8, 4) is 0 Å². The summed E-state index contributed by atoms with van der Waals surface area (Å²) in [4.78, 5) is 13.6. The first-order valence-electron chi connectivity index (χ1n) is 6.52. The standard InChI is InChI=1S/C13H26N2O3/c1-12(2,3)18-13(4,5)10-17-11(16)15-8-6-14-7-9-15/h14H,6-10H2,1-5H3. The zero-order valence-corrected chi connectivity index (χ0v) is 12.2. The van der Waals surface area contributed by atoms with Crippen molar-refractivity contribution in [1.82, 2.24) is 10.2 Å². The van der Waals surface area contributed by atoms with E-state index in [-0.39, 0.29) is 18.3 Å². The second-order valence-electron chi connectivity index (χ2n) is 6.27. The normalized spacial score (nSPS) is 17.7. The monoisotopic (exact) mass is 258 g/mol. The molecule has 1 aliphatic heterocycles. The van der Waals surface area contributed by atoms with Crippen molar-refractivity contribution in [2.24, 2.45) is 0 Å². The van der Waals surface area contributed by atoms with E-state index in [1.54, 1.807) is 4.90 Å². The predicted molar refractivity (Wildman–Crippen MR) is 70.7 cm³/mol. The van der Waals surface area contributed by atoms with Crippen LogP contribution in [0.15, 0.2) is 0 Å². The number of piperazine rings is 1. The first kappa shape index (κ1) is 15.2. The van der Waals surface area contributed by atoms with E-state index in [2.05, 4.69) is 5.32 Å². The molecule has 106 valence electrons. The van der Waals surface area contributed by atoms with Crippen LogP contribution in [0.25, 0.3) is 0 Å². The minimum Gasteiger partial charge on any atom is -0.446 e. The quantitative estimate of drug-likeness (QED) is 0.836. The molecule has 0 radical (unpaired) electrons. The van der Waals surface area contributed by atoms with Gasteiger partial charge in [-0.15, -0.1) is 0 Å². The molecule has 1 amide bonds. The zero-order chi connectivity index (χ0) is 13.8. The summed E-state index contributed by atoms with van der Waals surface area (Å²) in [5, 5.41) is 3.20. The number of carbonyl (C=O) groups is 1. The Labute approximate surface area is 110 Å². The van der Waals surface area contributed by atoms with Gasteiger partial charge in [-0.1, -0.05) is 0 Å². The van der Waals surface area contributed by atoms with Gasteiger partial charge in [-0.2, -0.15) is 0 Å². The van der Waals surface area contributed by atoms with E-state index in [1.807, 2.05) is 34.6 Å². The lowest BCUT2D eigenvalue weighted by Crippen LogP contribution is -2.48. The Bertz CT molecular complexity index is 278. The van der Waals surface area contributed by atoms with E-state index in [4.69, 9.17) is 9.47 Å². The van der Waals surface area contributed by atoms with Gasteiger partial charge < -0.3 is 19.7 Å². The highest BCUT2D eigenvalue weighted by atomic mass is 16.6. The predicted octanol–water partition coefficient (Wildman–Crippen LogP) is 1.62. The molecule has 0 unspecified atom stereocenters. The Kier molecular flexibility index (Phi) is 4.99. The van der Waals surface area contributed by atoms with Crippen LogP contribution in [0.3, 0.4) is 0 Å². The highest BCUT2D eigenvalue weighted by Gasteiger charge is 2.28. The van der Waals surface area contributed by atoms with Crippen LogP contribution in [-0.4, -0.2) is 55.0 Å². The molecule has 0 aromatic rings. The third kappa shape index (κ3) is 5.69. The number of nitrogens with zero attached hydrogens (tertiary/aromatic N) is 1. The van der Waals surface area contributed by atoms with Gasteiger partial charge in [0, 0.05) is 26.2 Å². The van der Waals surface area contributed by atoms with Gasteiger partial charge in [0.15, 0.2) is 0 Å². The lowest BCUT2D eigenvalue weighted by molar-refractivity contribution is -0.135. The molecule has 1 rings (SSSR count). The molecular formula is C13H26N2O3. The summed E-state index contributed by atoms with van der Waals surface area (Å²) < 4.78 is 11.2. The molecular weight excluding hydrogens is 232 g/mol. The molecule has 18 heavy (non-hydrogen) atoms. The van der Waals surface area contributed by atoms with Gasteiger partial charge in [0.05, 0.1) is 11.2 Å². The van der Waals surface area contributed by atoms with Gasteiger partial charge >= 0.3 is 6.09 Å². The van der Waals surface area contributed by atoms with Crippen LogP contribution < -0.4 is 5.32 Å². The van der Waals surface area contributed by atoms with E-state index >= 15 is 0 Å². The van der Waals surface area contributed by atoms with Crippen LogP contribution in [0, 0.1) is 0 Å². The van der Waals surface area contributed by atoms with E-state index in [1.165, 1.54) is 0 Å². The van der Waals surface area contributed by atoms with Crippen molar-refractivity contribution >= 4 is 6.09 Å². The maximum atomic E-state index is 11.8. The van der Waals surface area contributed by atoms with E-state index in [0.29, 0.717) is 13.1 Å². The van der Waals surface area contributed by atoms with Crippen molar-refractivity contribution in [2.75, 3.05) is 32.8 Å². The first-order chi connectivity index (χ1) is 8.20. The number of amides is 1. The van der Waals surface area contributed by atoms with Gasteiger partial charge in [0.2, 0.25) is 0 Å². The van der Waals surface area contributed by atoms with E-state index in [9.17, 15) is 4.79 Å². The van der Waals surface area contributed by atoms with Crippen LogP contribution >= 0.6 is 0 Å². The molecule has 1 saturated heterocycles. The third-order valence-electron chi connectivity index (χ3n) is 2.50. The van der Waals surface area contributed by atoms with Crippen LogP contribution in [0.2, 0.25) is 0 Å². The number of hydrogen-bond donors (Lipinski definition) is 1. The first-order valence-corrected chi connectivity index (χ1v) is 6.52. The van der Waals surface area contributed by atoms with Crippen LogP contribution in [-0.2, 0) is 9.47 Å². The van der Waals surface area contributed by atoms with Crippen molar-refractivity contribution in [3.63, 3.8) is 0 Å². The molecule has 0 bridgehead atoms. The fourth-order valence-corrected chi connectivity index (χ4v) is 2.03. The molecule has 0 saturated carbocycles. The molecule has 0 aliphatic carbocycles. The van der Waals surface area contributed by atoms with Crippen molar-refractivity contribution in [2.45, 2.75) is 45.8 Å². The summed E-state index contributed by atoms with van der Waals surface area (Å²) in [7, 11) is 0. The molecule has 0 aromatic carbocycles. The largest absolute Gasteiger partial charge is 0.446 e. The number of carbonyl (C=O) groups excluding carboxylic acids is 1. The average molecular weight is 258 g/mol. The lowest BCUT2D eigenvalue weighted by atomic mass is 10.1. The maximum absolute atomic E-state index is 11.8. The minimum absolute atomic E-state index is 0.245. The number of rotatable bonds is 3. The Balaban J connectivity index is 2.36. The van der Waals surface area contributed by atoms with Gasteiger partial charge in [0.25, 0.3) is 0 Å². The molecule has 0 spiro atoms. The summed E-state index contributed by atoms with van der Waals surface area (Å²) in [6, 6.07) is 0. The molecule has 5 nitrogen and oxygen atoms in total.